The Hall–Kier alpha value is -1.86. The number of hydrogen-bond acceptors (Lipinski definition) is 4. The fourth-order valence-corrected chi connectivity index (χ4v) is 3.75. The van der Waals surface area contributed by atoms with Crippen molar-refractivity contribution in [3.05, 3.63) is 67.1 Å². The van der Waals surface area contributed by atoms with Crippen molar-refractivity contribution in [3.8, 4) is 0 Å². The van der Waals surface area contributed by atoms with Crippen molar-refractivity contribution in [1.82, 2.24) is 4.90 Å². The lowest BCUT2D eigenvalue weighted by atomic mass is 9.96. The molecule has 1 atom stereocenters. The molecule has 1 unspecified atom stereocenters. The van der Waals surface area contributed by atoms with Gasteiger partial charge in [0.05, 0.1) is 31.6 Å². The number of hydrogen-bond donors (Lipinski definition) is 1. The first-order chi connectivity index (χ1) is 13.3. The second kappa shape index (κ2) is 9.09. The molecule has 2 aromatic rings. The van der Waals surface area contributed by atoms with Crippen LogP contribution in [-0.2, 0) is 11.3 Å². The highest BCUT2D eigenvalue weighted by molar-refractivity contribution is 6.42. The molecule has 0 radical (unpaired) electrons. The van der Waals surface area contributed by atoms with Gasteiger partial charge in [0.2, 0.25) is 5.91 Å². The Morgan fingerprint density at radius 2 is 1.89 bits per heavy atom. The molecule has 1 saturated heterocycles. The number of nitrogens with zero attached hydrogens (tertiary/aromatic N) is 2. The van der Waals surface area contributed by atoms with E-state index in [1.807, 2.05) is 12.1 Å². The molecule has 0 bridgehead atoms. The van der Waals surface area contributed by atoms with Crippen molar-refractivity contribution in [2.45, 2.75) is 19.4 Å². The van der Waals surface area contributed by atoms with Gasteiger partial charge in [-0.15, -0.1) is 0 Å². The van der Waals surface area contributed by atoms with Crippen LogP contribution in [0.3, 0.4) is 0 Å². The Kier molecular flexibility index (Phi) is 6.78. The van der Waals surface area contributed by atoms with E-state index in [2.05, 4.69) is 10.2 Å². The number of nitro groups is 1. The fourth-order valence-electron chi connectivity index (χ4n) is 3.27. The number of halogens is 3. The monoisotopic (exact) mass is 441 g/mol. The highest BCUT2D eigenvalue weighted by Crippen LogP contribution is 2.29. The van der Waals surface area contributed by atoms with Crippen LogP contribution < -0.4 is 5.32 Å². The molecule has 148 valence electrons. The molecule has 9 heteroatoms. The molecule has 1 fully saturated rings. The van der Waals surface area contributed by atoms with E-state index in [1.54, 1.807) is 6.07 Å². The molecule has 1 amide bonds. The van der Waals surface area contributed by atoms with E-state index in [-0.39, 0.29) is 28.2 Å². The van der Waals surface area contributed by atoms with Gasteiger partial charge in [0.1, 0.15) is 0 Å². The number of nitrogens with one attached hydrogen (secondary N) is 1. The highest BCUT2D eigenvalue weighted by atomic mass is 35.5. The number of rotatable bonds is 5. The summed E-state index contributed by atoms with van der Waals surface area (Å²) in [4.78, 5) is 25.3. The Morgan fingerprint density at radius 3 is 2.61 bits per heavy atom. The fraction of sp³-hybridized carbons (Fsp3) is 0.316. The number of carbonyl (C=O) groups is 1. The Labute approximate surface area is 177 Å². The number of likely N-dealkylation sites (tertiary alicyclic amines) is 1. The van der Waals surface area contributed by atoms with E-state index >= 15 is 0 Å². The maximum Gasteiger partial charge on any atom is 0.271 e. The molecule has 0 spiro atoms. The van der Waals surface area contributed by atoms with Gasteiger partial charge in [-0.05, 0) is 43.1 Å². The predicted molar refractivity (Wildman–Crippen MR) is 111 cm³/mol. The highest BCUT2D eigenvalue weighted by Gasteiger charge is 2.26. The summed E-state index contributed by atoms with van der Waals surface area (Å²) in [5.74, 6) is -0.423. The summed E-state index contributed by atoms with van der Waals surface area (Å²) in [5.41, 5.74) is 1.16. The Morgan fingerprint density at radius 1 is 1.14 bits per heavy atom. The molecule has 1 aliphatic rings. The van der Waals surface area contributed by atoms with Crippen LogP contribution in [0.4, 0.5) is 11.4 Å². The third-order valence-corrected chi connectivity index (χ3v) is 5.75. The summed E-state index contributed by atoms with van der Waals surface area (Å²) in [7, 11) is 0. The molecular formula is C19H18Cl3N3O3. The van der Waals surface area contributed by atoms with E-state index in [0.29, 0.717) is 23.1 Å². The van der Waals surface area contributed by atoms with E-state index in [1.165, 1.54) is 18.2 Å². The maximum atomic E-state index is 12.7. The molecular weight excluding hydrogens is 425 g/mol. The molecule has 0 saturated carbocycles. The molecule has 0 aliphatic carbocycles. The smallest absolute Gasteiger partial charge is 0.271 e. The SMILES string of the molecule is O=C(Nc1cc([N+](=O)[O-])ccc1Cl)C1CCCN(Cc2ccc(Cl)c(Cl)c2)C1. The van der Waals surface area contributed by atoms with Crippen LogP contribution in [-0.4, -0.2) is 28.8 Å². The maximum absolute atomic E-state index is 12.7. The third kappa shape index (κ3) is 5.14. The first-order valence-electron chi connectivity index (χ1n) is 8.74. The van der Waals surface area contributed by atoms with Gasteiger partial charge < -0.3 is 5.32 Å². The van der Waals surface area contributed by atoms with Gasteiger partial charge in [-0.3, -0.25) is 19.8 Å². The van der Waals surface area contributed by atoms with Gasteiger partial charge in [-0.25, -0.2) is 0 Å². The van der Waals surface area contributed by atoms with Crippen molar-refractivity contribution in [1.29, 1.82) is 0 Å². The number of carbonyl (C=O) groups excluding carboxylic acids is 1. The predicted octanol–water partition coefficient (Wildman–Crippen LogP) is 5.41. The normalized spacial score (nSPS) is 17.3. The summed E-state index contributed by atoms with van der Waals surface area (Å²) in [6, 6.07) is 9.50. The summed E-state index contributed by atoms with van der Waals surface area (Å²) in [6.45, 7) is 2.12. The van der Waals surface area contributed by atoms with Gasteiger partial charge >= 0.3 is 0 Å². The average Bonchev–Trinajstić information content (AvgIpc) is 2.66. The summed E-state index contributed by atoms with van der Waals surface area (Å²) >= 11 is 18.1. The molecule has 1 heterocycles. The lowest BCUT2D eigenvalue weighted by molar-refractivity contribution is -0.384. The molecule has 6 nitrogen and oxygen atoms in total. The first kappa shape index (κ1) is 20.9. The van der Waals surface area contributed by atoms with Gasteiger partial charge in [-0.1, -0.05) is 40.9 Å². The average molecular weight is 443 g/mol. The van der Waals surface area contributed by atoms with Crippen LogP contribution in [0.1, 0.15) is 18.4 Å². The number of benzene rings is 2. The van der Waals surface area contributed by atoms with E-state index in [9.17, 15) is 14.9 Å². The third-order valence-electron chi connectivity index (χ3n) is 4.69. The minimum Gasteiger partial charge on any atom is -0.324 e. The van der Waals surface area contributed by atoms with Gasteiger partial charge in [-0.2, -0.15) is 0 Å². The van der Waals surface area contributed by atoms with Crippen LogP contribution in [0.2, 0.25) is 15.1 Å². The van der Waals surface area contributed by atoms with Gasteiger partial charge in [0.15, 0.2) is 0 Å². The summed E-state index contributed by atoms with van der Waals surface area (Å²) in [5, 5.41) is 15.0. The minimum atomic E-state index is -0.522. The number of piperidine rings is 1. The standard InChI is InChI=1S/C19H18Cl3N3O3/c20-15-5-3-12(8-17(15)22)10-24-7-1-2-13(11-24)19(26)23-18-9-14(25(27)28)4-6-16(18)21/h3-6,8-9,13H,1-2,7,10-11H2,(H,23,26). The van der Waals surface area contributed by atoms with Crippen molar-refractivity contribution >= 4 is 52.1 Å². The minimum absolute atomic E-state index is 0.121. The number of nitro benzene ring substituents is 1. The molecule has 0 aromatic heterocycles. The van der Waals surface area contributed by atoms with Crippen molar-refractivity contribution < 1.29 is 9.72 Å². The van der Waals surface area contributed by atoms with E-state index in [4.69, 9.17) is 34.8 Å². The Balaban J connectivity index is 1.65. The lowest BCUT2D eigenvalue weighted by Crippen LogP contribution is -2.40. The van der Waals surface area contributed by atoms with E-state index in [0.717, 1.165) is 24.9 Å². The summed E-state index contributed by atoms with van der Waals surface area (Å²) < 4.78 is 0. The van der Waals surface area contributed by atoms with Gasteiger partial charge in [0.25, 0.3) is 5.69 Å². The van der Waals surface area contributed by atoms with E-state index < -0.39 is 4.92 Å². The first-order valence-corrected chi connectivity index (χ1v) is 9.88. The number of anilines is 1. The van der Waals surface area contributed by atoms with Gasteiger partial charge in [0, 0.05) is 25.2 Å². The van der Waals surface area contributed by atoms with Crippen molar-refractivity contribution in [3.63, 3.8) is 0 Å². The van der Waals surface area contributed by atoms with Crippen LogP contribution in [0.5, 0.6) is 0 Å². The molecule has 1 aliphatic heterocycles. The number of amides is 1. The Bertz CT molecular complexity index is 907. The lowest BCUT2D eigenvalue weighted by Gasteiger charge is -2.32. The zero-order valence-corrected chi connectivity index (χ0v) is 17.1. The second-order valence-corrected chi connectivity index (χ2v) is 7.95. The molecule has 3 rings (SSSR count). The van der Waals surface area contributed by atoms with Crippen molar-refractivity contribution in [2.75, 3.05) is 18.4 Å². The van der Waals surface area contributed by atoms with Crippen molar-refractivity contribution in [2.24, 2.45) is 5.92 Å². The number of non-ortho nitro benzene ring substituents is 1. The zero-order chi connectivity index (χ0) is 20.3. The molecule has 28 heavy (non-hydrogen) atoms. The topological polar surface area (TPSA) is 75.5 Å². The summed E-state index contributed by atoms with van der Waals surface area (Å²) in [6.07, 6.45) is 1.62. The molecule has 2 aromatic carbocycles. The quantitative estimate of drug-likeness (QED) is 0.496. The van der Waals surface area contributed by atoms with Crippen LogP contribution >= 0.6 is 34.8 Å². The second-order valence-electron chi connectivity index (χ2n) is 6.73. The van der Waals surface area contributed by atoms with Crippen LogP contribution in [0, 0.1) is 16.0 Å². The largest absolute Gasteiger partial charge is 0.324 e. The van der Waals surface area contributed by atoms with Crippen LogP contribution in [0.15, 0.2) is 36.4 Å². The van der Waals surface area contributed by atoms with Crippen LogP contribution in [0.25, 0.3) is 0 Å². The molecule has 1 N–H and O–H groups in total. The zero-order valence-electron chi connectivity index (χ0n) is 14.8.